The van der Waals surface area contributed by atoms with Crippen molar-refractivity contribution in [3.8, 4) is 5.75 Å². The lowest BCUT2D eigenvalue weighted by atomic mass is 10.0. The smallest absolute Gasteiger partial charge is 0.259 e. The van der Waals surface area contributed by atoms with Crippen molar-refractivity contribution in [1.29, 1.82) is 0 Å². The lowest BCUT2D eigenvalue weighted by Gasteiger charge is -2.16. The maximum absolute atomic E-state index is 13.2. The van der Waals surface area contributed by atoms with E-state index in [9.17, 15) is 4.79 Å². The van der Waals surface area contributed by atoms with Crippen LogP contribution in [0.1, 0.15) is 77.8 Å². The van der Waals surface area contributed by atoms with Crippen molar-refractivity contribution in [2.75, 3.05) is 7.11 Å². The topological polar surface area (TPSA) is 77.2 Å². The summed E-state index contributed by atoms with van der Waals surface area (Å²) in [7, 11) is 1.64. The molecule has 1 atom stereocenters. The predicted octanol–water partition coefficient (Wildman–Crippen LogP) is 4.48. The lowest BCUT2D eigenvalue weighted by molar-refractivity contribution is 0.0941. The molecule has 2 aromatic heterocycles. The Bertz CT molecular complexity index is 1050. The third-order valence-corrected chi connectivity index (χ3v) is 5.64. The third-order valence-electron chi connectivity index (χ3n) is 5.64. The predicted molar refractivity (Wildman–Crippen MR) is 105 cm³/mol. The minimum atomic E-state index is -0.153. The van der Waals surface area contributed by atoms with Gasteiger partial charge in [0.25, 0.3) is 11.6 Å². The van der Waals surface area contributed by atoms with Crippen molar-refractivity contribution in [3.63, 3.8) is 0 Å². The van der Waals surface area contributed by atoms with Gasteiger partial charge in [-0.25, -0.2) is 4.98 Å². The molecular formula is C22H23N3O3. The Balaban J connectivity index is 1.50. The maximum atomic E-state index is 13.2. The average Bonchev–Trinajstić information content (AvgIpc) is 3.64. The van der Waals surface area contributed by atoms with Gasteiger partial charge in [-0.15, -0.1) is 0 Å². The van der Waals surface area contributed by atoms with Crippen LogP contribution in [0.3, 0.4) is 0 Å². The standard InChI is InChI=1S/C22H23N3O3/c1-12(15-4-3-5-16(10-15)27-2)23-21(26)17-11-18(13-6-7-13)24-22-19(17)20(25-28-22)14-8-9-14/h3-5,10-14H,6-9H2,1-2H3,(H,23,26). The van der Waals surface area contributed by atoms with Gasteiger partial charge in [0.1, 0.15) is 5.75 Å². The molecule has 0 bridgehead atoms. The van der Waals surface area contributed by atoms with Crippen LogP contribution >= 0.6 is 0 Å². The summed E-state index contributed by atoms with van der Waals surface area (Å²) < 4.78 is 10.8. The Kier molecular flexibility index (Phi) is 4.07. The number of carbonyl (C=O) groups excluding carboxylic acids is 1. The van der Waals surface area contributed by atoms with Crippen LogP contribution in [0.2, 0.25) is 0 Å². The number of hydrogen-bond donors (Lipinski definition) is 1. The number of amides is 1. The average molecular weight is 377 g/mol. The number of nitrogens with zero attached hydrogens (tertiary/aromatic N) is 2. The van der Waals surface area contributed by atoms with Crippen LogP contribution in [0.5, 0.6) is 5.75 Å². The van der Waals surface area contributed by atoms with Crippen molar-refractivity contribution < 1.29 is 14.1 Å². The number of benzene rings is 1. The molecule has 28 heavy (non-hydrogen) atoms. The molecule has 2 aliphatic rings. The van der Waals surface area contributed by atoms with Crippen LogP contribution in [-0.2, 0) is 0 Å². The number of carbonyl (C=O) groups is 1. The van der Waals surface area contributed by atoms with Crippen molar-refractivity contribution in [3.05, 3.63) is 52.8 Å². The van der Waals surface area contributed by atoms with Crippen LogP contribution < -0.4 is 10.1 Å². The number of pyridine rings is 1. The van der Waals surface area contributed by atoms with Gasteiger partial charge in [-0.1, -0.05) is 17.3 Å². The van der Waals surface area contributed by atoms with E-state index in [1.807, 2.05) is 37.3 Å². The van der Waals surface area contributed by atoms with E-state index in [1.54, 1.807) is 7.11 Å². The highest BCUT2D eigenvalue weighted by atomic mass is 16.5. The van der Waals surface area contributed by atoms with E-state index in [2.05, 4.69) is 15.5 Å². The number of fused-ring (bicyclic) bond motifs is 1. The molecule has 2 heterocycles. The number of methoxy groups -OCH3 is 1. The van der Waals surface area contributed by atoms with Crippen molar-refractivity contribution in [1.82, 2.24) is 15.5 Å². The van der Waals surface area contributed by atoms with Gasteiger partial charge >= 0.3 is 0 Å². The van der Waals surface area contributed by atoms with Crippen molar-refractivity contribution in [2.45, 2.75) is 50.5 Å². The molecule has 2 saturated carbocycles. The van der Waals surface area contributed by atoms with Crippen LogP contribution in [0.25, 0.3) is 11.1 Å². The summed E-state index contributed by atoms with van der Waals surface area (Å²) in [5.74, 6) is 1.48. The van der Waals surface area contributed by atoms with E-state index in [-0.39, 0.29) is 11.9 Å². The molecule has 5 rings (SSSR count). The SMILES string of the molecule is COc1cccc(C(C)NC(=O)c2cc(C3CC3)nc3onc(C4CC4)c23)c1. The monoisotopic (exact) mass is 377 g/mol. The van der Waals surface area contributed by atoms with Crippen LogP contribution in [0.15, 0.2) is 34.9 Å². The fraction of sp³-hybridized carbons (Fsp3) is 0.409. The summed E-state index contributed by atoms with van der Waals surface area (Å²) in [5.41, 5.74) is 3.93. The highest BCUT2D eigenvalue weighted by Crippen LogP contribution is 2.45. The quantitative estimate of drug-likeness (QED) is 0.685. The van der Waals surface area contributed by atoms with E-state index in [1.165, 1.54) is 0 Å². The molecule has 0 saturated heterocycles. The van der Waals surface area contributed by atoms with E-state index >= 15 is 0 Å². The second-order valence-electron chi connectivity index (χ2n) is 7.86. The number of hydrogen-bond acceptors (Lipinski definition) is 5. The van der Waals surface area contributed by atoms with Gasteiger partial charge < -0.3 is 14.6 Å². The van der Waals surface area contributed by atoms with Gasteiger partial charge in [-0.3, -0.25) is 4.79 Å². The van der Waals surface area contributed by atoms with Crippen LogP contribution in [0.4, 0.5) is 0 Å². The van der Waals surface area contributed by atoms with Crippen LogP contribution in [-0.4, -0.2) is 23.2 Å². The summed E-state index contributed by atoms with van der Waals surface area (Å²) in [4.78, 5) is 17.9. The molecule has 3 aromatic rings. The van der Waals surface area contributed by atoms with Crippen molar-refractivity contribution in [2.24, 2.45) is 0 Å². The lowest BCUT2D eigenvalue weighted by Crippen LogP contribution is -2.27. The summed E-state index contributed by atoms with van der Waals surface area (Å²) >= 11 is 0. The zero-order valence-electron chi connectivity index (χ0n) is 16.1. The summed E-state index contributed by atoms with van der Waals surface area (Å²) in [6, 6.07) is 9.54. The molecule has 0 spiro atoms. The third kappa shape index (κ3) is 3.13. The minimum absolute atomic E-state index is 0.116. The fourth-order valence-corrected chi connectivity index (χ4v) is 3.66. The van der Waals surface area contributed by atoms with E-state index in [4.69, 9.17) is 9.26 Å². The van der Waals surface area contributed by atoms with Gasteiger partial charge in [0.15, 0.2) is 0 Å². The summed E-state index contributed by atoms with van der Waals surface area (Å²) in [5, 5.41) is 8.15. The molecule has 1 N–H and O–H groups in total. The second kappa shape index (κ2) is 6.62. The molecule has 2 fully saturated rings. The Morgan fingerprint density at radius 2 is 2.00 bits per heavy atom. The highest BCUT2D eigenvalue weighted by molar-refractivity contribution is 6.06. The Morgan fingerprint density at radius 3 is 2.71 bits per heavy atom. The molecular weight excluding hydrogens is 354 g/mol. The molecule has 6 nitrogen and oxygen atoms in total. The number of ether oxygens (including phenoxy) is 1. The number of nitrogens with one attached hydrogen (secondary N) is 1. The van der Waals surface area contributed by atoms with Gasteiger partial charge in [-0.05, 0) is 56.4 Å². The first-order chi connectivity index (χ1) is 13.6. The number of rotatable bonds is 6. The normalized spacial score (nSPS) is 17.5. The van der Waals surface area contributed by atoms with E-state index < -0.39 is 0 Å². The molecule has 1 amide bonds. The molecule has 0 radical (unpaired) electrons. The molecule has 2 aliphatic carbocycles. The van der Waals surface area contributed by atoms with Crippen molar-refractivity contribution >= 4 is 17.0 Å². The van der Waals surface area contributed by atoms with Gasteiger partial charge in [0.2, 0.25) is 0 Å². The Labute approximate surface area is 163 Å². The zero-order chi connectivity index (χ0) is 19.3. The first-order valence-corrected chi connectivity index (χ1v) is 9.89. The van der Waals surface area contributed by atoms with E-state index in [0.717, 1.165) is 53.8 Å². The zero-order valence-corrected chi connectivity index (χ0v) is 16.1. The van der Waals surface area contributed by atoms with E-state index in [0.29, 0.717) is 23.1 Å². The Hall–Kier alpha value is -2.89. The minimum Gasteiger partial charge on any atom is -0.497 e. The largest absolute Gasteiger partial charge is 0.497 e. The molecule has 0 aliphatic heterocycles. The molecule has 144 valence electrons. The molecule has 1 aromatic carbocycles. The maximum Gasteiger partial charge on any atom is 0.259 e. The second-order valence-corrected chi connectivity index (χ2v) is 7.86. The molecule has 6 heteroatoms. The summed E-state index contributed by atoms with van der Waals surface area (Å²) in [6.07, 6.45) is 4.41. The Morgan fingerprint density at radius 1 is 1.21 bits per heavy atom. The highest BCUT2D eigenvalue weighted by Gasteiger charge is 2.34. The first kappa shape index (κ1) is 17.2. The van der Waals surface area contributed by atoms with Gasteiger partial charge in [0.05, 0.1) is 29.8 Å². The number of aromatic nitrogens is 2. The van der Waals surface area contributed by atoms with Gasteiger partial charge in [0, 0.05) is 17.5 Å². The van der Waals surface area contributed by atoms with Gasteiger partial charge in [-0.2, -0.15) is 0 Å². The first-order valence-electron chi connectivity index (χ1n) is 9.89. The summed E-state index contributed by atoms with van der Waals surface area (Å²) in [6.45, 7) is 1.97. The van der Waals surface area contributed by atoms with Crippen LogP contribution in [0, 0.1) is 0 Å². The molecule has 1 unspecified atom stereocenters. The fourth-order valence-electron chi connectivity index (χ4n) is 3.66.